The number of carboxylic acid groups (broad SMARTS) is 3. The normalized spacial score (nSPS) is 12.9. The van der Waals surface area contributed by atoms with Gasteiger partial charge in [-0.25, -0.2) is 29.3 Å². The van der Waals surface area contributed by atoms with Gasteiger partial charge in [-0.15, -0.1) is 0 Å². The average molecular weight is 724 g/mol. The molecule has 0 unspecified atom stereocenters. The van der Waals surface area contributed by atoms with Gasteiger partial charge in [0.2, 0.25) is 6.41 Å². The molecule has 0 saturated carbocycles. The maximum atomic E-state index is 13.1. The zero-order valence-corrected chi connectivity index (χ0v) is 25.3. The van der Waals surface area contributed by atoms with E-state index in [9.17, 15) is 45.8 Å². The molecule has 3 aromatic rings. The number of hydrogen-bond donors (Lipinski definition) is 5. The van der Waals surface area contributed by atoms with Gasteiger partial charge in [0.25, 0.3) is 5.91 Å². The standard InChI is InChI=1S/C23H22ClN7O4.2C2HF3O2/c24-16-3-5-19(26-11-16)29-22(33)17-10-15(23(34)35)2-4-18(17)31(14-32)21-13-27-20(12-28-21)30-8-1-6-25-7-9-30;2*3-2(4,5)1(6)7/h2-5,10-14,25H,1,6-9H2,(H,34,35)(H,26,29,33);2*(H,6,7). The van der Waals surface area contributed by atoms with Crippen LogP contribution in [0.2, 0.25) is 5.02 Å². The first-order chi connectivity index (χ1) is 22.8. The SMILES string of the molecule is O=C(O)C(F)(F)F.O=C(O)C(F)(F)F.O=CN(c1cnc(N2CCCNCC2)cn1)c1ccc(C(=O)O)cc1C(=O)Nc1ccc(Cl)cn1. The highest BCUT2D eigenvalue weighted by atomic mass is 35.5. The summed E-state index contributed by atoms with van der Waals surface area (Å²) < 4.78 is 63.5. The van der Waals surface area contributed by atoms with Gasteiger partial charge in [0, 0.05) is 25.8 Å². The van der Waals surface area contributed by atoms with E-state index in [4.69, 9.17) is 31.4 Å². The van der Waals surface area contributed by atoms with Gasteiger partial charge >= 0.3 is 30.3 Å². The summed E-state index contributed by atoms with van der Waals surface area (Å²) in [6.45, 7) is 3.38. The Morgan fingerprint density at radius 1 is 0.878 bits per heavy atom. The number of nitrogens with one attached hydrogen (secondary N) is 2. The number of anilines is 4. The number of aliphatic carboxylic acids is 2. The Bertz CT molecular complexity index is 1600. The summed E-state index contributed by atoms with van der Waals surface area (Å²) in [7, 11) is 0. The van der Waals surface area contributed by atoms with Crippen LogP contribution in [-0.2, 0) is 14.4 Å². The number of carbonyl (C=O) groups is 5. The van der Waals surface area contributed by atoms with Gasteiger partial charge in [-0.05, 0) is 43.3 Å². The smallest absolute Gasteiger partial charge is 0.478 e. The summed E-state index contributed by atoms with van der Waals surface area (Å²) in [4.78, 5) is 70.6. The Morgan fingerprint density at radius 2 is 1.51 bits per heavy atom. The van der Waals surface area contributed by atoms with E-state index in [1.807, 2.05) is 0 Å². The van der Waals surface area contributed by atoms with Crippen LogP contribution in [0.15, 0.2) is 48.9 Å². The molecular weight excluding hydrogens is 700 g/mol. The number of rotatable bonds is 7. The van der Waals surface area contributed by atoms with E-state index < -0.39 is 36.2 Å². The summed E-state index contributed by atoms with van der Waals surface area (Å²) in [5.74, 6) is -6.33. The van der Waals surface area contributed by atoms with E-state index in [0.29, 0.717) is 17.3 Å². The molecule has 1 aliphatic rings. The lowest BCUT2D eigenvalue weighted by Gasteiger charge is -2.23. The van der Waals surface area contributed by atoms with Crippen molar-refractivity contribution < 1.29 is 65.6 Å². The molecule has 49 heavy (non-hydrogen) atoms. The van der Waals surface area contributed by atoms with Crippen molar-refractivity contribution in [3.8, 4) is 0 Å². The number of amides is 2. The number of carbonyl (C=O) groups excluding carboxylic acids is 2. The number of pyridine rings is 1. The molecule has 5 N–H and O–H groups in total. The first-order valence-corrected chi connectivity index (χ1v) is 13.7. The van der Waals surface area contributed by atoms with Crippen LogP contribution in [0, 0.1) is 0 Å². The van der Waals surface area contributed by atoms with Crippen LogP contribution in [-0.4, -0.2) is 99.0 Å². The zero-order valence-electron chi connectivity index (χ0n) is 24.5. The van der Waals surface area contributed by atoms with Crippen LogP contribution >= 0.6 is 11.6 Å². The lowest BCUT2D eigenvalue weighted by atomic mass is 10.1. The monoisotopic (exact) mass is 723 g/mol. The van der Waals surface area contributed by atoms with Crippen molar-refractivity contribution in [2.24, 2.45) is 0 Å². The Balaban J connectivity index is 0.000000500. The van der Waals surface area contributed by atoms with Crippen molar-refractivity contribution in [1.29, 1.82) is 0 Å². The Kier molecular flexibility index (Phi) is 14.2. The minimum absolute atomic E-state index is 0.0572. The molecule has 22 heteroatoms. The molecule has 264 valence electrons. The van der Waals surface area contributed by atoms with Crippen molar-refractivity contribution in [1.82, 2.24) is 20.3 Å². The number of hydrogen-bond acceptors (Lipinski definition) is 10. The molecule has 1 fully saturated rings. The van der Waals surface area contributed by atoms with Gasteiger partial charge in [0.1, 0.15) is 11.6 Å². The molecule has 0 radical (unpaired) electrons. The number of aromatic carboxylic acids is 1. The topological polar surface area (TPSA) is 215 Å². The van der Waals surface area contributed by atoms with E-state index in [0.717, 1.165) is 37.5 Å². The molecule has 1 saturated heterocycles. The van der Waals surface area contributed by atoms with Gasteiger partial charge in [-0.1, -0.05) is 11.6 Å². The number of benzene rings is 1. The molecule has 0 aliphatic carbocycles. The Hall–Kier alpha value is -5.57. The molecule has 1 aliphatic heterocycles. The van der Waals surface area contributed by atoms with E-state index in [-0.39, 0.29) is 28.5 Å². The number of alkyl halides is 6. The van der Waals surface area contributed by atoms with E-state index in [1.165, 1.54) is 36.7 Å². The second-order valence-electron chi connectivity index (χ2n) is 9.26. The lowest BCUT2D eigenvalue weighted by Crippen LogP contribution is -2.29. The van der Waals surface area contributed by atoms with Gasteiger partial charge in [0.05, 0.1) is 34.2 Å². The van der Waals surface area contributed by atoms with Crippen LogP contribution in [0.25, 0.3) is 0 Å². The Labute approximate surface area is 276 Å². The van der Waals surface area contributed by atoms with Crippen molar-refractivity contribution in [2.75, 3.05) is 41.3 Å². The third-order valence-corrected chi connectivity index (χ3v) is 6.07. The molecule has 0 spiro atoms. The fourth-order valence-corrected chi connectivity index (χ4v) is 3.72. The average Bonchev–Trinajstić information content (AvgIpc) is 3.32. The van der Waals surface area contributed by atoms with Gasteiger partial charge in [-0.2, -0.15) is 26.3 Å². The van der Waals surface area contributed by atoms with Crippen LogP contribution in [0.1, 0.15) is 27.1 Å². The van der Waals surface area contributed by atoms with E-state index >= 15 is 0 Å². The second-order valence-corrected chi connectivity index (χ2v) is 9.69. The summed E-state index contributed by atoms with van der Waals surface area (Å²) in [6, 6.07) is 6.91. The molecule has 2 aromatic heterocycles. The molecule has 3 heterocycles. The van der Waals surface area contributed by atoms with E-state index in [2.05, 4.69) is 30.5 Å². The summed E-state index contributed by atoms with van der Waals surface area (Å²) in [5, 5.41) is 30.0. The van der Waals surface area contributed by atoms with Gasteiger partial charge in [0.15, 0.2) is 5.82 Å². The molecular formula is C27H24ClF6N7O8. The Morgan fingerprint density at radius 3 is 2.00 bits per heavy atom. The van der Waals surface area contributed by atoms with Crippen molar-refractivity contribution in [2.45, 2.75) is 18.8 Å². The summed E-state index contributed by atoms with van der Waals surface area (Å²) in [6.07, 6.45) is -4.33. The number of aromatic nitrogens is 3. The van der Waals surface area contributed by atoms with Crippen molar-refractivity contribution in [3.63, 3.8) is 0 Å². The first kappa shape index (κ1) is 39.6. The van der Waals surface area contributed by atoms with Crippen molar-refractivity contribution in [3.05, 3.63) is 65.1 Å². The predicted octanol–water partition coefficient (Wildman–Crippen LogP) is 3.84. The molecule has 2 amide bonds. The van der Waals surface area contributed by atoms with Crippen LogP contribution in [0.5, 0.6) is 0 Å². The maximum absolute atomic E-state index is 13.1. The highest BCUT2D eigenvalue weighted by Crippen LogP contribution is 2.28. The third kappa shape index (κ3) is 12.5. The zero-order chi connectivity index (χ0) is 36.9. The maximum Gasteiger partial charge on any atom is 0.490 e. The highest BCUT2D eigenvalue weighted by Gasteiger charge is 2.39. The van der Waals surface area contributed by atoms with Gasteiger partial charge < -0.3 is 30.9 Å². The summed E-state index contributed by atoms with van der Waals surface area (Å²) >= 11 is 5.84. The van der Waals surface area contributed by atoms with Crippen LogP contribution in [0.3, 0.4) is 0 Å². The van der Waals surface area contributed by atoms with Gasteiger partial charge in [-0.3, -0.25) is 14.5 Å². The molecule has 15 nitrogen and oxygen atoms in total. The largest absolute Gasteiger partial charge is 0.490 e. The van der Waals surface area contributed by atoms with E-state index in [1.54, 1.807) is 12.3 Å². The molecule has 0 bridgehead atoms. The van der Waals surface area contributed by atoms with Crippen molar-refractivity contribution >= 4 is 65.0 Å². The first-order valence-electron chi connectivity index (χ1n) is 13.3. The lowest BCUT2D eigenvalue weighted by molar-refractivity contribution is -0.193. The number of carboxylic acids is 3. The minimum atomic E-state index is -5.08. The quantitative estimate of drug-likeness (QED) is 0.173. The second kappa shape index (κ2) is 17.5. The number of nitrogens with zero attached hydrogens (tertiary/aromatic N) is 5. The predicted molar refractivity (Wildman–Crippen MR) is 158 cm³/mol. The minimum Gasteiger partial charge on any atom is -0.478 e. The van der Waals surface area contributed by atoms with Crippen LogP contribution in [0.4, 0.5) is 49.5 Å². The molecule has 4 rings (SSSR count). The molecule has 0 atom stereocenters. The third-order valence-electron chi connectivity index (χ3n) is 5.84. The highest BCUT2D eigenvalue weighted by molar-refractivity contribution is 6.30. The fourth-order valence-electron chi connectivity index (χ4n) is 3.61. The molecule has 1 aromatic carbocycles. The number of halogens is 7. The summed E-state index contributed by atoms with van der Waals surface area (Å²) in [5.41, 5.74) is -0.0410. The fraction of sp³-hybridized carbons (Fsp3) is 0.259. The van der Waals surface area contributed by atoms with Crippen LogP contribution < -0.4 is 20.4 Å².